The van der Waals surface area contributed by atoms with Crippen LogP contribution in [0.25, 0.3) is 0 Å². The maximum Gasteiger partial charge on any atom is 0.115 e. The molecule has 0 atom stereocenters. The second-order valence-corrected chi connectivity index (χ2v) is 2.55. The Bertz CT molecular complexity index is 179. The maximum absolute atomic E-state index is 12.0. The minimum Gasteiger partial charge on any atom is -0.246 e. The SMILES string of the molecule is CC1=C(Cl)CC=C1CF. The highest BCUT2D eigenvalue weighted by Gasteiger charge is 2.10. The topological polar surface area (TPSA) is 0 Å². The summed E-state index contributed by atoms with van der Waals surface area (Å²) >= 11 is 5.70. The molecular weight excluding hydrogens is 139 g/mol. The van der Waals surface area contributed by atoms with Crippen LogP contribution in [0.4, 0.5) is 4.39 Å². The molecule has 1 aliphatic carbocycles. The molecule has 1 rings (SSSR count). The summed E-state index contributed by atoms with van der Waals surface area (Å²) in [6.45, 7) is 1.46. The lowest BCUT2D eigenvalue weighted by Gasteiger charge is -1.94. The molecule has 0 amide bonds. The molecule has 50 valence electrons. The largest absolute Gasteiger partial charge is 0.246 e. The summed E-state index contributed by atoms with van der Waals surface area (Å²) in [6, 6.07) is 0. The summed E-state index contributed by atoms with van der Waals surface area (Å²) in [7, 11) is 0. The zero-order valence-corrected chi connectivity index (χ0v) is 6.00. The van der Waals surface area contributed by atoms with Crippen LogP contribution in [0.15, 0.2) is 22.3 Å². The lowest BCUT2D eigenvalue weighted by molar-refractivity contribution is 0.547. The molecule has 2 heteroatoms. The Hall–Kier alpha value is -0.300. The van der Waals surface area contributed by atoms with Gasteiger partial charge in [-0.05, 0) is 18.1 Å². The Morgan fingerprint density at radius 2 is 2.44 bits per heavy atom. The van der Waals surface area contributed by atoms with Crippen LogP contribution >= 0.6 is 11.6 Å². The van der Waals surface area contributed by atoms with Crippen LogP contribution < -0.4 is 0 Å². The molecule has 0 nitrogen and oxygen atoms in total. The van der Waals surface area contributed by atoms with E-state index in [2.05, 4.69) is 0 Å². The quantitative estimate of drug-likeness (QED) is 0.534. The number of halogens is 2. The lowest BCUT2D eigenvalue weighted by Crippen LogP contribution is -1.82. The van der Waals surface area contributed by atoms with Gasteiger partial charge in [-0.25, -0.2) is 4.39 Å². The van der Waals surface area contributed by atoms with E-state index in [1.54, 1.807) is 0 Å². The lowest BCUT2D eigenvalue weighted by atomic mass is 10.2. The van der Waals surface area contributed by atoms with Crippen LogP contribution in [0, 0.1) is 0 Å². The summed E-state index contributed by atoms with van der Waals surface area (Å²) in [4.78, 5) is 0. The van der Waals surface area contributed by atoms with E-state index in [0.29, 0.717) is 6.42 Å². The normalized spacial score (nSPS) is 18.8. The van der Waals surface area contributed by atoms with Crippen molar-refractivity contribution < 1.29 is 4.39 Å². The van der Waals surface area contributed by atoms with E-state index < -0.39 is 0 Å². The minimum absolute atomic E-state index is 0.387. The first-order valence-electron chi connectivity index (χ1n) is 2.86. The Labute approximate surface area is 59.0 Å². The van der Waals surface area contributed by atoms with Crippen molar-refractivity contribution in [1.82, 2.24) is 0 Å². The van der Waals surface area contributed by atoms with Gasteiger partial charge in [-0.1, -0.05) is 17.7 Å². The van der Waals surface area contributed by atoms with Crippen LogP contribution in [0.1, 0.15) is 13.3 Å². The molecule has 0 N–H and O–H groups in total. The predicted octanol–water partition coefficient (Wildman–Crippen LogP) is 2.80. The highest BCUT2D eigenvalue weighted by molar-refractivity contribution is 6.30. The summed E-state index contributed by atoms with van der Waals surface area (Å²) in [5.74, 6) is 0. The van der Waals surface area contributed by atoms with Crippen LogP contribution in [0.3, 0.4) is 0 Å². The second kappa shape index (κ2) is 2.53. The third-order valence-corrected chi connectivity index (χ3v) is 2.00. The van der Waals surface area contributed by atoms with Gasteiger partial charge in [0.1, 0.15) is 6.67 Å². The standard InChI is InChI=1S/C7H8ClF/c1-5-6(4-9)2-3-7(5)8/h2H,3-4H2,1H3. The Kier molecular flexibility index (Phi) is 1.91. The maximum atomic E-state index is 12.0. The van der Waals surface area contributed by atoms with Crippen molar-refractivity contribution in [3.63, 3.8) is 0 Å². The third-order valence-electron chi connectivity index (χ3n) is 1.56. The van der Waals surface area contributed by atoms with E-state index in [9.17, 15) is 4.39 Å². The molecule has 0 spiro atoms. The summed E-state index contributed by atoms with van der Waals surface area (Å²) < 4.78 is 12.0. The Morgan fingerprint density at radius 3 is 2.67 bits per heavy atom. The van der Waals surface area contributed by atoms with Gasteiger partial charge in [0.2, 0.25) is 0 Å². The summed E-state index contributed by atoms with van der Waals surface area (Å²) in [6.07, 6.45) is 2.55. The van der Waals surface area contributed by atoms with Crippen molar-refractivity contribution in [1.29, 1.82) is 0 Å². The van der Waals surface area contributed by atoms with E-state index in [-0.39, 0.29) is 6.67 Å². The van der Waals surface area contributed by atoms with Crippen molar-refractivity contribution in [3.8, 4) is 0 Å². The number of alkyl halides is 1. The van der Waals surface area contributed by atoms with Crippen molar-refractivity contribution in [2.75, 3.05) is 6.67 Å². The van der Waals surface area contributed by atoms with Crippen LogP contribution in [0.5, 0.6) is 0 Å². The average molecular weight is 147 g/mol. The van der Waals surface area contributed by atoms with E-state index in [1.165, 1.54) is 0 Å². The minimum atomic E-state index is -0.387. The predicted molar refractivity (Wildman–Crippen MR) is 37.2 cm³/mol. The first kappa shape index (κ1) is 6.81. The molecule has 0 saturated heterocycles. The highest BCUT2D eigenvalue weighted by atomic mass is 35.5. The van der Waals surface area contributed by atoms with Gasteiger partial charge in [0.15, 0.2) is 0 Å². The molecule has 0 unspecified atom stereocenters. The molecule has 0 radical (unpaired) electrons. The molecule has 0 aromatic carbocycles. The van der Waals surface area contributed by atoms with E-state index in [1.807, 2.05) is 13.0 Å². The molecule has 0 fully saturated rings. The molecule has 0 bridgehead atoms. The first-order chi connectivity index (χ1) is 4.25. The molecule has 9 heavy (non-hydrogen) atoms. The van der Waals surface area contributed by atoms with Crippen molar-refractivity contribution in [2.45, 2.75) is 13.3 Å². The Balaban J connectivity index is 2.79. The van der Waals surface area contributed by atoms with Gasteiger partial charge in [-0.15, -0.1) is 0 Å². The first-order valence-corrected chi connectivity index (χ1v) is 3.24. The third kappa shape index (κ3) is 1.16. The molecule has 0 saturated carbocycles. The second-order valence-electron chi connectivity index (χ2n) is 2.10. The van der Waals surface area contributed by atoms with Crippen molar-refractivity contribution >= 4 is 11.6 Å². The highest BCUT2D eigenvalue weighted by Crippen LogP contribution is 2.28. The zero-order chi connectivity index (χ0) is 6.85. The fourth-order valence-corrected chi connectivity index (χ4v) is 1.05. The molecule has 0 aliphatic heterocycles. The van der Waals surface area contributed by atoms with Gasteiger partial charge in [-0.3, -0.25) is 0 Å². The molecule has 0 heterocycles. The fraction of sp³-hybridized carbons (Fsp3) is 0.429. The average Bonchev–Trinajstić information content (AvgIpc) is 2.15. The molecular formula is C7H8ClF. The van der Waals surface area contributed by atoms with Gasteiger partial charge in [0, 0.05) is 11.5 Å². The van der Waals surface area contributed by atoms with Crippen molar-refractivity contribution in [3.05, 3.63) is 22.3 Å². The number of hydrogen-bond acceptors (Lipinski definition) is 0. The van der Waals surface area contributed by atoms with E-state index >= 15 is 0 Å². The van der Waals surface area contributed by atoms with Crippen molar-refractivity contribution in [2.24, 2.45) is 0 Å². The van der Waals surface area contributed by atoms with Gasteiger partial charge in [0.25, 0.3) is 0 Å². The fourth-order valence-electron chi connectivity index (χ4n) is 0.848. The zero-order valence-electron chi connectivity index (χ0n) is 5.25. The van der Waals surface area contributed by atoms with Gasteiger partial charge >= 0.3 is 0 Å². The number of allylic oxidation sites excluding steroid dienone is 4. The number of rotatable bonds is 1. The summed E-state index contributed by atoms with van der Waals surface area (Å²) in [5, 5.41) is 0.780. The number of hydrogen-bond donors (Lipinski definition) is 0. The smallest absolute Gasteiger partial charge is 0.115 e. The van der Waals surface area contributed by atoms with Gasteiger partial charge in [0.05, 0.1) is 0 Å². The van der Waals surface area contributed by atoms with Crippen LogP contribution in [0.2, 0.25) is 0 Å². The van der Waals surface area contributed by atoms with E-state index in [0.717, 1.165) is 16.2 Å². The Morgan fingerprint density at radius 1 is 1.78 bits per heavy atom. The monoisotopic (exact) mass is 146 g/mol. The summed E-state index contributed by atoms with van der Waals surface area (Å²) in [5.41, 5.74) is 1.67. The van der Waals surface area contributed by atoms with Crippen LogP contribution in [-0.2, 0) is 0 Å². The molecule has 0 aromatic rings. The molecule has 0 aromatic heterocycles. The van der Waals surface area contributed by atoms with Gasteiger partial charge < -0.3 is 0 Å². The van der Waals surface area contributed by atoms with E-state index in [4.69, 9.17) is 11.6 Å². The van der Waals surface area contributed by atoms with Crippen LogP contribution in [-0.4, -0.2) is 6.67 Å². The van der Waals surface area contributed by atoms with Gasteiger partial charge in [-0.2, -0.15) is 0 Å². The molecule has 1 aliphatic rings.